The number of nitrogens with two attached hydrogens (primary N) is 1. The number of rotatable bonds is 1. The van der Waals surface area contributed by atoms with Crippen LogP contribution in [0.4, 0.5) is 5.69 Å². The molecule has 2 aromatic heterocycles. The molecule has 0 unspecified atom stereocenters. The molecule has 0 amide bonds. The van der Waals surface area contributed by atoms with E-state index >= 15 is 0 Å². The van der Waals surface area contributed by atoms with E-state index in [2.05, 4.69) is 9.97 Å². The van der Waals surface area contributed by atoms with Gasteiger partial charge in [0.1, 0.15) is 11.8 Å². The Hall–Kier alpha value is -2.30. The number of hydrogen-bond acceptors (Lipinski definition) is 4. The highest BCUT2D eigenvalue weighted by Crippen LogP contribution is 2.19. The van der Waals surface area contributed by atoms with E-state index in [4.69, 9.17) is 10.2 Å². The Morgan fingerprint density at radius 1 is 1.33 bits per heavy atom. The summed E-state index contributed by atoms with van der Waals surface area (Å²) in [6, 6.07) is 5.86. The van der Waals surface area contributed by atoms with E-state index in [0.29, 0.717) is 17.3 Å². The number of anilines is 1. The molecule has 0 fully saturated rings. The molecule has 0 aliphatic rings. The van der Waals surface area contributed by atoms with Gasteiger partial charge in [-0.25, -0.2) is 4.98 Å². The van der Waals surface area contributed by atoms with Gasteiger partial charge in [-0.2, -0.15) is 4.98 Å². The van der Waals surface area contributed by atoms with Crippen molar-refractivity contribution >= 4 is 16.8 Å². The fourth-order valence-electron chi connectivity index (χ4n) is 1.42. The van der Waals surface area contributed by atoms with Crippen molar-refractivity contribution in [1.82, 2.24) is 14.5 Å². The van der Waals surface area contributed by atoms with Gasteiger partial charge in [0, 0.05) is 18.1 Å². The van der Waals surface area contributed by atoms with Gasteiger partial charge in [0.15, 0.2) is 5.58 Å². The van der Waals surface area contributed by atoms with Gasteiger partial charge in [-0.1, -0.05) is 0 Å². The summed E-state index contributed by atoms with van der Waals surface area (Å²) in [6.45, 7) is 0. The number of nitrogens with zero attached hydrogens (tertiary/aromatic N) is 3. The van der Waals surface area contributed by atoms with Crippen molar-refractivity contribution in [3.63, 3.8) is 0 Å². The Bertz CT molecular complexity index is 597. The van der Waals surface area contributed by atoms with Crippen LogP contribution in [0.15, 0.2) is 41.3 Å². The number of hydrogen-bond donors (Lipinski definition) is 1. The van der Waals surface area contributed by atoms with Gasteiger partial charge >= 0.3 is 6.01 Å². The summed E-state index contributed by atoms with van der Waals surface area (Å²) in [4.78, 5) is 8.22. The molecule has 0 aliphatic heterocycles. The molecular formula is C10H8N4O. The monoisotopic (exact) mass is 200 g/mol. The first-order valence-corrected chi connectivity index (χ1v) is 4.47. The minimum Gasteiger partial charge on any atom is -0.423 e. The van der Waals surface area contributed by atoms with Crippen LogP contribution >= 0.6 is 0 Å². The molecule has 5 heteroatoms. The van der Waals surface area contributed by atoms with E-state index in [-0.39, 0.29) is 0 Å². The first kappa shape index (κ1) is 8.05. The first-order chi connectivity index (χ1) is 7.33. The molecule has 2 heterocycles. The number of fused-ring (bicyclic) bond motifs is 1. The second-order valence-electron chi connectivity index (χ2n) is 3.19. The van der Waals surface area contributed by atoms with Gasteiger partial charge in [-0.3, -0.25) is 4.57 Å². The summed E-state index contributed by atoms with van der Waals surface area (Å²) in [5.41, 5.74) is 7.79. The quantitative estimate of drug-likeness (QED) is 0.605. The third kappa shape index (κ3) is 1.25. The maximum absolute atomic E-state index is 5.65. The van der Waals surface area contributed by atoms with Crippen LogP contribution in [0.5, 0.6) is 0 Å². The molecule has 0 saturated carbocycles. The largest absolute Gasteiger partial charge is 0.423 e. The van der Waals surface area contributed by atoms with Crippen molar-refractivity contribution in [3.8, 4) is 6.01 Å². The summed E-state index contributed by atoms with van der Waals surface area (Å²) >= 11 is 0. The molecular weight excluding hydrogens is 192 g/mol. The molecule has 3 aromatic rings. The van der Waals surface area contributed by atoms with E-state index in [1.54, 1.807) is 41.5 Å². The number of benzene rings is 1. The summed E-state index contributed by atoms with van der Waals surface area (Å²) in [5, 5.41) is 0. The van der Waals surface area contributed by atoms with Crippen molar-refractivity contribution in [2.45, 2.75) is 0 Å². The Balaban J connectivity index is 2.22. The number of aromatic nitrogens is 3. The fourth-order valence-corrected chi connectivity index (χ4v) is 1.42. The normalized spacial score (nSPS) is 10.9. The molecule has 0 spiro atoms. The van der Waals surface area contributed by atoms with Crippen LogP contribution in [0.3, 0.4) is 0 Å². The average Bonchev–Trinajstić information content (AvgIpc) is 2.84. The highest BCUT2D eigenvalue weighted by atomic mass is 16.4. The van der Waals surface area contributed by atoms with Gasteiger partial charge in [-0.05, 0) is 18.2 Å². The standard InChI is InChI=1S/C10H8N4O/c11-7-1-2-9-8(5-7)13-10(15-9)14-4-3-12-6-14/h1-6H,11H2. The predicted octanol–water partition coefficient (Wildman–Crippen LogP) is 1.60. The lowest BCUT2D eigenvalue weighted by atomic mass is 10.3. The minimum absolute atomic E-state index is 0.494. The molecule has 15 heavy (non-hydrogen) atoms. The molecule has 0 bridgehead atoms. The summed E-state index contributed by atoms with van der Waals surface area (Å²) in [7, 11) is 0. The number of nitrogen functional groups attached to an aromatic ring is 1. The zero-order valence-corrected chi connectivity index (χ0v) is 7.79. The molecule has 0 aliphatic carbocycles. The van der Waals surface area contributed by atoms with E-state index in [0.717, 1.165) is 5.52 Å². The Labute approximate surface area is 85.2 Å². The number of oxazole rings is 1. The average molecular weight is 200 g/mol. The van der Waals surface area contributed by atoms with E-state index < -0.39 is 0 Å². The fraction of sp³-hybridized carbons (Fsp3) is 0. The summed E-state index contributed by atoms with van der Waals surface area (Å²) in [6.07, 6.45) is 5.07. The van der Waals surface area contributed by atoms with Gasteiger partial charge in [-0.15, -0.1) is 0 Å². The maximum atomic E-state index is 5.65. The van der Waals surface area contributed by atoms with Crippen LogP contribution in [-0.4, -0.2) is 14.5 Å². The lowest BCUT2D eigenvalue weighted by Crippen LogP contribution is -1.88. The SMILES string of the molecule is Nc1ccc2oc(-n3ccnc3)nc2c1. The smallest absolute Gasteiger partial charge is 0.308 e. The Morgan fingerprint density at radius 3 is 3.07 bits per heavy atom. The topological polar surface area (TPSA) is 69.9 Å². The Kier molecular flexibility index (Phi) is 1.53. The lowest BCUT2D eigenvalue weighted by Gasteiger charge is -1.89. The summed E-state index contributed by atoms with van der Waals surface area (Å²) < 4.78 is 7.23. The van der Waals surface area contributed by atoms with E-state index in [1.165, 1.54) is 0 Å². The zero-order chi connectivity index (χ0) is 10.3. The summed E-state index contributed by atoms with van der Waals surface area (Å²) in [5.74, 6) is 0. The first-order valence-electron chi connectivity index (χ1n) is 4.47. The molecule has 1 aromatic carbocycles. The molecule has 3 rings (SSSR count). The van der Waals surface area contributed by atoms with Crippen LogP contribution < -0.4 is 5.73 Å². The van der Waals surface area contributed by atoms with E-state index in [1.807, 2.05) is 0 Å². The van der Waals surface area contributed by atoms with Crippen molar-refractivity contribution in [2.75, 3.05) is 5.73 Å². The second kappa shape index (κ2) is 2.84. The maximum Gasteiger partial charge on any atom is 0.308 e. The van der Waals surface area contributed by atoms with Crippen molar-refractivity contribution in [3.05, 3.63) is 36.9 Å². The van der Waals surface area contributed by atoms with Crippen LogP contribution in [0, 0.1) is 0 Å². The molecule has 0 atom stereocenters. The van der Waals surface area contributed by atoms with Crippen molar-refractivity contribution in [1.29, 1.82) is 0 Å². The van der Waals surface area contributed by atoms with Gasteiger partial charge in [0.05, 0.1) is 0 Å². The Morgan fingerprint density at radius 2 is 2.27 bits per heavy atom. The van der Waals surface area contributed by atoms with Crippen molar-refractivity contribution < 1.29 is 4.42 Å². The highest BCUT2D eigenvalue weighted by molar-refractivity contribution is 5.77. The minimum atomic E-state index is 0.494. The van der Waals surface area contributed by atoms with Gasteiger partial charge in [0.2, 0.25) is 0 Å². The van der Waals surface area contributed by atoms with Crippen LogP contribution in [0.25, 0.3) is 17.1 Å². The van der Waals surface area contributed by atoms with Crippen LogP contribution in [-0.2, 0) is 0 Å². The van der Waals surface area contributed by atoms with Crippen LogP contribution in [0.2, 0.25) is 0 Å². The molecule has 74 valence electrons. The zero-order valence-electron chi connectivity index (χ0n) is 7.79. The van der Waals surface area contributed by atoms with Crippen molar-refractivity contribution in [2.24, 2.45) is 0 Å². The molecule has 5 nitrogen and oxygen atoms in total. The van der Waals surface area contributed by atoms with Gasteiger partial charge < -0.3 is 10.2 Å². The highest BCUT2D eigenvalue weighted by Gasteiger charge is 2.06. The van der Waals surface area contributed by atoms with E-state index in [9.17, 15) is 0 Å². The molecule has 2 N–H and O–H groups in total. The second-order valence-corrected chi connectivity index (χ2v) is 3.19. The van der Waals surface area contributed by atoms with Crippen LogP contribution in [0.1, 0.15) is 0 Å². The molecule has 0 saturated heterocycles. The third-order valence-corrected chi connectivity index (χ3v) is 2.13. The lowest BCUT2D eigenvalue weighted by molar-refractivity contribution is 0.564. The predicted molar refractivity (Wildman–Crippen MR) is 55.5 cm³/mol. The molecule has 0 radical (unpaired) electrons. The van der Waals surface area contributed by atoms with Gasteiger partial charge in [0.25, 0.3) is 0 Å². The third-order valence-electron chi connectivity index (χ3n) is 2.13. The number of imidazole rings is 1.